The van der Waals surface area contributed by atoms with Crippen molar-refractivity contribution in [1.82, 2.24) is 15.4 Å². The number of hydrogen-bond donors (Lipinski definition) is 4. The monoisotopic (exact) mass is 421 g/mol. The van der Waals surface area contributed by atoms with Crippen LogP contribution in [0.3, 0.4) is 0 Å². The average molecular weight is 422 g/mol. The Bertz CT molecular complexity index is 1200. The molecule has 3 rings (SSSR count). The first-order valence-corrected chi connectivity index (χ1v) is 9.94. The van der Waals surface area contributed by atoms with Gasteiger partial charge >= 0.3 is 0 Å². The van der Waals surface area contributed by atoms with Crippen molar-refractivity contribution in [3.05, 3.63) is 68.0 Å². The molecule has 0 aliphatic heterocycles. The molecule has 1 aliphatic rings. The molecule has 0 unspecified atom stereocenters. The number of allylic oxidation sites excluding steroid dienone is 1. The number of nitrogen functional groups attached to an aromatic ring is 1. The molecule has 0 spiro atoms. The number of carbonyl (C=O) groups excluding carboxylic acids is 1. The molecule has 31 heavy (non-hydrogen) atoms. The molecule has 0 bridgehead atoms. The van der Waals surface area contributed by atoms with E-state index in [9.17, 15) is 20.0 Å². The van der Waals surface area contributed by atoms with Crippen molar-refractivity contribution in [2.45, 2.75) is 39.7 Å². The van der Waals surface area contributed by atoms with Gasteiger partial charge in [-0.3, -0.25) is 19.6 Å². The van der Waals surface area contributed by atoms with Gasteiger partial charge in [-0.2, -0.15) is 5.26 Å². The number of amides is 1. The van der Waals surface area contributed by atoms with Crippen LogP contribution in [0.15, 0.2) is 40.2 Å². The van der Waals surface area contributed by atoms with Crippen LogP contribution in [0.25, 0.3) is 0 Å². The fourth-order valence-corrected chi connectivity index (χ4v) is 4.35. The van der Waals surface area contributed by atoms with Crippen LogP contribution in [0, 0.1) is 24.2 Å². The van der Waals surface area contributed by atoms with E-state index in [0.717, 1.165) is 15.7 Å². The van der Waals surface area contributed by atoms with Crippen LogP contribution in [0.2, 0.25) is 0 Å². The molecule has 5 N–H and O–H groups in total. The van der Waals surface area contributed by atoms with Gasteiger partial charge in [-0.15, -0.1) is 0 Å². The highest BCUT2D eigenvalue weighted by molar-refractivity contribution is 6.00. The summed E-state index contributed by atoms with van der Waals surface area (Å²) in [6, 6.07) is 9.52. The lowest BCUT2D eigenvalue weighted by Gasteiger charge is -2.28. The van der Waals surface area contributed by atoms with Gasteiger partial charge in [0.25, 0.3) is 11.5 Å². The highest BCUT2D eigenvalue weighted by Gasteiger charge is 2.49. The summed E-state index contributed by atoms with van der Waals surface area (Å²) in [5, 5.41) is 19.5. The Morgan fingerprint density at radius 1 is 1.32 bits per heavy atom. The SMILES string of the molecule is CC1=C(C(=O)NNCc2c(C)c(C#N)c(=O)n(C)c2O)[C@@H]1C(C)(C)c1ccccc1N. The second-order valence-electron chi connectivity index (χ2n) is 8.42. The number of benzene rings is 1. The number of para-hydroxylation sites is 1. The standard InChI is InChI=1S/C23H27N5O3/c1-12-14(10-24)21(30)28(5)22(31)15(12)11-26-27-20(29)18-13(2)19(18)23(3,4)16-8-6-7-9-17(16)25/h6-9,19,26,31H,11,25H2,1-5H3,(H,27,29)/t19-/m1/s1. The Balaban J connectivity index is 1.71. The molecule has 2 aromatic rings. The molecule has 0 fully saturated rings. The maximum atomic E-state index is 12.8. The number of nitrogens with zero attached hydrogens (tertiary/aromatic N) is 2. The zero-order chi connectivity index (χ0) is 23.1. The number of anilines is 1. The topological polar surface area (TPSA) is 133 Å². The first-order valence-electron chi connectivity index (χ1n) is 9.94. The number of hydrogen-bond acceptors (Lipinski definition) is 6. The Morgan fingerprint density at radius 3 is 2.58 bits per heavy atom. The van der Waals surface area contributed by atoms with E-state index in [4.69, 9.17) is 5.73 Å². The third kappa shape index (κ3) is 3.68. The molecule has 0 saturated carbocycles. The summed E-state index contributed by atoms with van der Waals surface area (Å²) in [7, 11) is 1.39. The zero-order valence-corrected chi connectivity index (χ0v) is 18.3. The summed E-state index contributed by atoms with van der Waals surface area (Å²) in [5.41, 5.74) is 14.8. The molecular formula is C23H27N5O3. The van der Waals surface area contributed by atoms with Gasteiger partial charge in [-0.25, -0.2) is 5.43 Å². The Kier molecular flexibility index (Phi) is 5.66. The van der Waals surface area contributed by atoms with Crippen molar-refractivity contribution in [2.24, 2.45) is 13.0 Å². The van der Waals surface area contributed by atoms with E-state index < -0.39 is 5.56 Å². The maximum absolute atomic E-state index is 12.8. The molecule has 1 aliphatic carbocycles. The lowest BCUT2D eigenvalue weighted by Crippen LogP contribution is -2.38. The van der Waals surface area contributed by atoms with E-state index in [-0.39, 0.29) is 35.2 Å². The molecule has 1 heterocycles. The molecule has 8 heteroatoms. The third-order valence-corrected chi connectivity index (χ3v) is 6.20. The van der Waals surface area contributed by atoms with Crippen LogP contribution < -0.4 is 22.1 Å². The van der Waals surface area contributed by atoms with Crippen molar-refractivity contribution in [3.63, 3.8) is 0 Å². The first kappa shape index (κ1) is 22.1. The number of aromatic nitrogens is 1. The predicted molar refractivity (Wildman–Crippen MR) is 118 cm³/mol. The average Bonchev–Trinajstić information content (AvgIpc) is 3.41. The van der Waals surface area contributed by atoms with Crippen LogP contribution in [0.4, 0.5) is 5.69 Å². The number of nitrogens with two attached hydrogens (primary N) is 1. The number of pyridine rings is 1. The van der Waals surface area contributed by atoms with Crippen molar-refractivity contribution >= 4 is 11.6 Å². The molecular weight excluding hydrogens is 394 g/mol. The molecule has 1 aromatic carbocycles. The van der Waals surface area contributed by atoms with E-state index in [2.05, 4.69) is 24.7 Å². The highest BCUT2D eigenvalue weighted by atomic mass is 16.3. The van der Waals surface area contributed by atoms with Crippen molar-refractivity contribution in [3.8, 4) is 11.9 Å². The van der Waals surface area contributed by atoms with E-state index in [1.54, 1.807) is 6.92 Å². The van der Waals surface area contributed by atoms with Gasteiger partial charge in [-0.1, -0.05) is 37.6 Å². The van der Waals surface area contributed by atoms with Crippen LogP contribution in [0.1, 0.15) is 43.0 Å². The van der Waals surface area contributed by atoms with Gasteiger partial charge in [0.15, 0.2) is 5.88 Å². The quantitative estimate of drug-likeness (QED) is 0.416. The summed E-state index contributed by atoms with van der Waals surface area (Å²) in [6.45, 7) is 7.71. The van der Waals surface area contributed by atoms with Gasteiger partial charge in [0.05, 0.1) is 0 Å². The lowest BCUT2D eigenvalue weighted by atomic mass is 9.76. The molecule has 162 valence electrons. The summed E-state index contributed by atoms with van der Waals surface area (Å²) in [4.78, 5) is 24.8. The van der Waals surface area contributed by atoms with Crippen molar-refractivity contribution in [2.75, 3.05) is 5.73 Å². The summed E-state index contributed by atoms with van der Waals surface area (Å²) in [6.07, 6.45) is 0. The fourth-order valence-electron chi connectivity index (χ4n) is 4.35. The lowest BCUT2D eigenvalue weighted by molar-refractivity contribution is -0.118. The van der Waals surface area contributed by atoms with Crippen molar-refractivity contribution < 1.29 is 9.90 Å². The van der Waals surface area contributed by atoms with Crippen LogP contribution in [-0.2, 0) is 23.8 Å². The largest absolute Gasteiger partial charge is 0.494 e. The first-order chi connectivity index (χ1) is 14.5. The van der Waals surface area contributed by atoms with Crippen LogP contribution in [0.5, 0.6) is 5.88 Å². The van der Waals surface area contributed by atoms with E-state index in [1.165, 1.54) is 7.05 Å². The Morgan fingerprint density at radius 2 is 1.97 bits per heavy atom. The number of nitrogens with one attached hydrogen (secondary N) is 2. The summed E-state index contributed by atoms with van der Waals surface area (Å²) in [5.74, 6) is -0.534. The number of nitriles is 1. The van der Waals surface area contributed by atoms with Crippen LogP contribution in [-0.4, -0.2) is 15.6 Å². The van der Waals surface area contributed by atoms with Gasteiger partial charge in [-0.05, 0) is 31.0 Å². The minimum absolute atomic E-state index is 0.0307. The minimum Gasteiger partial charge on any atom is -0.494 e. The van der Waals surface area contributed by atoms with E-state index in [0.29, 0.717) is 22.4 Å². The van der Waals surface area contributed by atoms with Gasteiger partial charge in [0.1, 0.15) is 11.6 Å². The second kappa shape index (κ2) is 7.93. The van der Waals surface area contributed by atoms with Gasteiger partial charge in [0.2, 0.25) is 0 Å². The maximum Gasteiger partial charge on any atom is 0.271 e. The number of aromatic hydroxyl groups is 1. The molecule has 1 atom stereocenters. The number of carbonyl (C=O) groups is 1. The predicted octanol–water partition coefficient (Wildman–Crippen LogP) is 1.90. The van der Waals surface area contributed by atoms with E-state index >= 15 is 0 Å². The number of hydrazine groups is 1. The molecule has 1 aromatic heterocycles. The number of rotatable bonds is 6. The Labute approximate surface area is 181 Å². The summed E-state index contributed by atoms with van der Waals surface area (Å²) >= 11 is 0. The smallest absolute Gasteiger partial charge is 0.271 e. The van der Waals surface area contributed by atoms with E-state index in [1.807, 2.05) is 37.3 Å². The highest BCUT2D eigenvalue weighted by Crippen LogP contribution is 2.53. The molecule has 0 radical (unpaired) electrons. The van der Waals surface area contributed by atoms with Crippen molar-refractivity contribution in [1.29, 1.82) is 5.26 Å². The second-order valence-corrected chi connectivity index (χ2v) is 8.42. The summed E-state index contributed by atoms with van der Waals surface area (Å²) < 4.78 is 1.01. The molecule has 1 amide bonds. The molecule has 0 saturated heterocycles. The zero-order valence-electron chi connectivity index (χ0n) is 18.3. The Hall–Kier alpha value is -3.57. The minimum atomic E-state index is -0.561. The van der Waals surface area contributed by atoms with Gasteiger partial charge < -0.3 is 10.8 Å². The van der Waals surface area contributed by atoms with Gasteiger partial charge in [0, 0.05) is 41.7 Å². The third-order valence-electron chi connectivity index (χ3n) is 6.20. The molecule has 8 nitrogen and oxygen atoms in total. The van der Waals surface area contributed by atoms with Crippen LogP contribution >= 0.6 is 0 Å². The fraction of sp³-hybridized carbons (Fsp3) is 0.348. The normalized spacial score (nSPS) is 15.5.